The molecule has 0 saturated carbocycles. The van der Waals surface area contributed by atoms with Gasteiger partial charge >= 0.3 is 0 Å². The van der Waals surface area contributed by atoms with Gasteiger partial charge in [-0.3, -0.25) is 0 Å². The van der Waals surface area contributed by atoms with E-state index in [1.165, 1.54) is 16.9 Å². The van der Waals surface area contributed by atoms with Crippen LogP contribution in [0, 0.1) is 0 Å². The molecule has 0 atom stereocenters. The quantitative estimate of drug-likeness (QED) is 0.705. The molecular formula is C15H14N4O3S. The summed E-state index contributed by atoms with van der Waals surface area (Å²) in [4.78, 5) is 1.39. The van der Waals surface area contributed by atoms with Gasteiger partial charge in [0.25, 0.3) is 5.16 Å². The van der Waals surface area contributed by atoms with Crippen LogP contribution in [0.4, 0.5) is 0 Å². The molecule has 0 fully saturated rings. The van der Waals surface area contributed by atoms with Crippen molar-refractivity contribution in [3.05, 3.63) is 60.2 Å². The monoisotopic (exact) mass is 330 g/mol. The van der Waals surface area contributed by atoms with Crippen molar-refractivity contribution in [3.8, 4) is 5.75 Å². The van der Waals surface area contributed by atoms with Crippen molar-refractivity contribution in [2.24, 2.45) is 0 Å². The maximum absolute atomic E-state index is 12.4. The Kier molecular flexibility index (Phi) is 4.07. The zero-order chi connectivity index (χ0) is 16.3. The first-order valence-corrected chi connectivity index (χ1v) is 8.29. The molecule has 0 bridgehead atoms. The summed E-state index contributed by atoms with van der Waals surface area (Å²) in [5, 5.41) is 11.1. The number of hydrogen-bond donors (Lipinski definition) is 0. The van der Waals surface area contributed by atoms with Crippen molar-refractivity contribution in [1.82, 2.24) is 20.2 Å². The fourth-order valence-corrected chi connectivity index (χ4v) is 3.07. The molecule has 0 amide bonds. The van der Waals surface area contributed by atoms with Crippen molar-refractivity contribution in [1.29, 1.82) is 0 Å². The lowest BCUT2D eigenvalue weighted by Crippen LogP contribution is -2.07. The van der Waals surface area contributed by atoms with Crippen LogP contribution >= 0.6 is 0 Å². The van der Waals surface area contributed by atoms with Crippen LogP contribution in [0.2, 0.25) is 0 Å². The van der Waals surface area contributed by atoms with Gasteiger partial charge in [-0.05, 0) is 35.0 Å². The van der Waals surface area contributed by atoms with Gasteiger partial charge in [-0.25, -0.2) is 8.42 Å². The number of ether oxygens (including phenoxy) is 1. The molecule has 0 radical (unpaired) electrons. The van der Waals surface area contributed by atoms with Crippen molar-refractivity contribution in [2.45, 2.75) is 16.6 Å². The minimum atomic E-state index is -3.75. The summed E-state index contributed by atoms with van der Waals surface area (Å²) in [6.07, 6.45) is 0. The Hall–Kier alpha value is -2.74. The Bertz CT molecular complexity index is 890. The second-order valence-electron chi connectivity index (χ2n) is 4.77. The lowest BCUT2D eigenvalue weighted by molar-refractivity contribution is 0.414. The summed E-state index contributed by atoms with van der Waals surface area (Å²) in [7, 11) is -2.15. The molecule has 118 valence electrons. The van der Waals surface area contributed by atoms with Crippen molar-refractivity contribution in [3.63, 3.8) is 0 Å². The summed E-state index contributed by atoms with van der Waals surface area (Å²) in [5.41, 5.74) is 0.909. The van der Waals surface area contributed by atoms with Gasteiger partial charge in [0, 0.05) is 0 Å². The molecule has 0 spiro atoms. The van der Waals surface area contributed by atoms with E-state index in [4.69, 9.17) is 4.74 Å². The topological polar surface area (TPSA) is 87.0 Å². The van der Waals surface area contributed by atoms with E-state index in [0.717, 1.165) is 11.3 Å². The van der Waals surface area contributed by atoms with E-state index in [-0.39, 0.29) is 10.1 Å². The zero-order valence-electron chi connectivity index (χ0n) is 12.3. The molecule has 0 saturated heterocycles. The van der Waals surface area contributed by atoms with Crippen LogP contribution in [0.1, 0.15) is 5.56 Å². The Labute approximate surface area is 133 Å². The van der Waals surface area contributed by atoms with Crippen LogP contribution in [0.5, 0.6) is 5.75 Å². The van der Waals surface area contributed by atoms with E-state index in [1.807, 2.05) is 24.3 Å². The molecule has 8 heteroatoms. The first-order valence-electron chi connectivity index (χ1n) is 6.80. The first-order chi connectivity index (χ1) is 11.1. The molecule has 3 aromatic rings. The molecule has 2 aromatic carbocycles. The molecule has 0 N–H and O–H groups in total. The van der Waals surface area contributed by atoms with Crippen LogP contribution in [0.25, 0.3) is 0 Å². The van der Waals surface area contributed by atoms with Gasteiger partial charge in [0.1, 0.15) is 5.75 Å². The lowest BCUT2D eigenvalue weighted by Gasteiger charge is -2.02. The summed E-state index contributed by atoms with van der Waals surface area (Å²) in [6.45, 7) is 0.321. The third-order valence-electron chi connectivity index (χ3n) is 3.21. The number of methoxy groups -OCH3 is 1. The van der Waals surface area contributed by atoms with E-state index in [2.05, 4.69) is 15.4 Å². The Morgan fingerprint density at radius 2 is 1.74 bits per heavy atom. The largest absolute Gasteiger partial charge is 0.497 e. The highest BCUT2D eigenvalue weighted by molar-refractivity contribution is 7.91. The second-order valence-corrected chi connectivity index (χ2v) is 6.61. The number of hydrogen-bond acceptors (Lipinski definition) is 6. The van der Waals surface area contributed by atoms with Gasteiger partial charge < -0.3 is 4.74 Å². The van der Waals surface area contributed by atoms with Gasteiger partial charge in [0.15, 0.2) is 0 Å². The van der Waals surface area contributed by atoms with Gasteiger partial charge in [-0.2, -0.15) is 4.80 Å². The summed E-state index contributed by atoms with van der Waals surface area (Å²) >= 11 is 0. The van der Waals surface area contributed by atoms with Gasteiger partial charge in [0.05, 0.1) is 18.6 Å². The van der Waals surface area contributed by atoms with E-state index in [1.54, 1.807) is 25.3 Å². The fraction of sp³-hybridized carbons (Fsp3) is 0.133. The SMILES string of the molecule is COc1ccc(Cn2nnc(S(=O)(=O)c3ccccc3)n2)cc1. The smallest absolute Gasteiger partial charge is 0.293 e. The fourth-order valence-electron chi connectivity index (χ4n) is 2.00. The first kappa shape index (κ1) is 15.2. The molecule has 0 aliphatic heterocycles. The summed E-state index contributed by atoms with van der Waals surface area (Å²) < 4.78 is 29.9. The van der Waals surface area contributed by atoms with E-state index >= 15 is 0 Å². The maximum atomic E-state index is 12.4. The van der Waals surface area contributed by atoms with Crippen LogP contribution in [0.15, 0.2) is 64.6 Å². The molecule has 1 heterocycles. The molecule has 1 aromatic heterocycles. The standard InChI is InChI=1S/C15H14N4O3S/c1-22-13-9-7-12(8-10-13)11-19-17-15(16-18-19)23(20,21)14-5-3-2-4-6-14/h2-10H,11H2,1H3. The maximum Gasteiger partial charge on any atom is 0.293 e. The highest BCUT2D eigenvalue weighted by atomic mass is 32.2. The number of nitrogens with zero attached hydrogens (tertiary/aromatic N) is 4. The number of benzene rings is 2. The van der Waals surface area contributed by atoms with Crippen LogP contribution in [-0.4, -0.2) is 35.7 Å². The Morgan fingerprint density at radius 1 is 1.04 bits per heavy atom. The van der Waals surface area contributed by atoms with Crippen LogP contribution in [0.3, 0.4) is 0 Å². The number of sulfone groups is 1. The average Bonchev–Trinajstić information content (AvgIpc) is 3.06. The van der Waals surface area contributed by atoms with Gasteiger partial charge in [-0.1, -0.05) is 35.4 Å². The van der Waals surface area contributed by atoms with Crippen molar-refractivity contribution < 1.29 is 13.2 Å². The number of rotatable bonds is 5. The van der Waals surface area contributed by atoms with Crippen molar-refractivity contribution >= 4 is 9.84 Å². The molecule has 0 unspecified atom stereocenters. The number of aromatic nitrogens is 4. The highest BCUT2D eigenvalue weighted by Crippen LogP contribution is 2.16. The molecule has 0 aliphatic rings. The normalized spacial score (nSPS) is 11.3. The minimum Gasteiger partial charge on any atom is -0.497 e. The molecule has 23 heavy (non-hydrogen) atoms. The second kappa shape index (κ2) is 6.17. The molecular weight excluding hydrogens is 316 g/mol. The third kappa shape index (κ3) is 3.21. The van der Waals surface area contributed by atoms with E-state index in [9.17, 15) is 8.42 Å². The van der Waals surface area contributed by atoms with Crippen LogP contribution in [-0.2, 0) is 16.4 Å². The predicted octanol–water partition coefficient (Wildman–Crippen LogP) is 1.56. The Balaban J connectivity index is 1.83. The van der Waals surface area contributed by atoms with Crippen molar-refractivity contribution in [2.75, 3.05) is 7.11 Å². The highest BCUT2D eigenvalue weighted by Gasteiger charge is 2.23. The van der Waals surface area contributed by atoms with E-state index in [0.29, 0.717) is 6.54 Å². The van der Waals surface area contributed by atoms with Gasteiger partial charge in [0.2, 0.25) is 9.84 Å². The zero-order valence-corrected chi connectivity index (χ0v) is 13.1. The average molecular weight is 330 g/mol. The molecule has 3 rings (SSSR count). The van der Waals surface area contributed by atoms with Crippen LogP contribution < -0.4 is 4.74 Å². The third-order valence-corrected chi connectivity index (χ3v) is 4.75. The predicted molar refractivity (Wildman–Crippen MR) is 81.8 cm³/mol. The molecule has 7 nitrogen and oxygen atoms in total. The summed E-state index contributed by atoms with van der Waals surface area (Å²) in [6, 6.07) is 15.4. The minimum absolute atomic E-state index is 0.143. The van der Waals surface area contributed by atoms with Gasteiger partial charge in [-0.15, -0.1) is 5.10 Å². The Morgan fingerprint density at radius 3 is 2.39 bits per heavy atom. The summed E-state index contributed by atoms with van der Waals surface area (Å²) in [5.74, 6) is 0.743. The molecule has 0 aliphatic carbocycles. The van der Waals surface area contributed by atoms with E-state index < -0.39 is 9.84 Å². The number of tetrazole rings is 1. The lowest BCUT2D eigenvalue weighted by atomic mass is 10.2.